The van der Waals surface area contributed by atoms with E-state index in [0.29, 0.717) is 44.6 Å². The fourth-order valence-corrected chi connectivity index (χ4v) is 4.17. The summed E-state index contributed by atoms with van der Waals surface area (Å²) >= 11 is 13.1. The molecule has 8 nitrogen and oxygen atoms in total. The van der Waals surface area contributed by atoms with Crippen LogP contribution in [0.5, 0.6) is 5.75 Å². The molecule has 0 saturated carbocycles. The summed E-state index contributed by atoms with van der Waals surface area (Å²) in [5.41, 5.74) is 0.989. The summed E-state index contributed by atoms with van der Waals surface area (Å²) in [4.78, 5) is 25.0. The smallest absolute Gasteiger partial charge is 0.251 e. The Morgan fingerprint density at radius 1 is 1.12 bits per heavy atom. The Hall–Kier alpha value is -2.75. The fraction of sp³-hybridized carbons (Fsp3) is 0.273. The first-order chi connectivity index (χ1) is 15.8. The second-order valence-corrected chi connectivity index (χ2v) is 8.78. The van der Waals surface area contributed by atoms with Crippen molar-refractivity contribution in [3.63, 3.8) is 0 Å². The van der Waals surface area contributed by atoms with E-state index < -0.39 is 0 Å². The summed E-state index contributed by atoms with van der Waals surface area (Å²) in [7, 11) is 1.52. The lowest BCUT2D eigenvalue weighted by Crippen LogP contribution is -2.28. The molecule has 0 fully saturated rings. The van der Waals surface area contributed by atoms with Gasteiger partial charge in [0.05, 0.1) is 24.6 Å². The molecule has 0 aliphatic rings. The summed E-state index contributed by atoms with van der Waals surface area (Å²) < 4.78 is 7.12. The molecule has 0 radical (unpaired) electrons. The molecule has 2 N–H and O–H groups in total. The van der Waals surface area contributed by atoms with Gasteiger partial charge in [-0.05, 0) is 56.3 Å². The fourth-order valence-electron chi connectivity index (χ4n) is 3.06. The van der Waals surface area contributed by atoms with Crippen molar-refractivity contribution in [1.82, 2.24) is 20.1 Å². The number of benzene rings is 2. The Morgan fingerprint density at radius 2 is 1.82 bits per heavy atom. The van der Waals surface area contributed by atoms with Crippen LogP contribution in [0.15, 0.2) is 47.6 Å². The summed E-state index contributed by atoms with van der Waals surface area (Å²) in [6.45, 7) is 4.35. The second-order valence-electron chi connectivity index (χ2n) is 6.97. The van der Waals surface area contributed by atoms with E-state index in [2.05, 4.69) is 20.8 Å². The van der Waals surface area contributed by atoms with Gasteiger partial charge in [-0.2, -0.15) is 0 Å². The molecule has 0 aliphatic heterocycles. The van der Waals surface area contributed by atoms with Crippen LogP contribution >= 0.6 is 35.0 Å². The van der Waals surface area contributed by atoms with Crippen LogP contribution in [0, 0.1) is 0 Å². The predicted molar refractivity (Wildman–Crippen MR) is 130 cm³/mol. The average molecular weight is 508 g/mol. The van der Waals surface area contributed by atoms with E-state index in [1.54, 1.807) is 42.5 Å². The maximum atomic E-state index is 12.5. The molecule has 0 spiro atoms. The molecule has 1 heterocycles. The van der Waals surface area contributed by atoms with Crippen LogP contribution in [0.3, 0.4) is 0 Å². The highest BCUT2D eigenvalue weighted by Crippen LogP contribution is 2.28. The Bertz CT molecular complexity index is 1140. The van der Waals surface area contributed by atoms with Gasteiger partial charge in [0.1, 0.15) is 5.75 Å². The van der Waals surface area contributed by atoms with Gasteiger partial charge in [-0.15, -0.1) is 10.2 Å². The summed E-state index contributed by atoms with van der Waals surface area (Å²) in [6.07, 6.45) is 0. The SMILES string of the molecule is CCn1c(SCC(=O)Nc2cc(Cl)ccc2OC)nnc1[C@H](C)NC(=O)c1ccc(Cl)cc1. The number of carbonyl (C=O) groups is 2. The first-order valence-corrected chi connectivity index (χ1v) is 11.8. The minimum atomic E-state index is -0.389. The molecule has 0 saturated heterocycles. The van der Waals surface area contributed by atoms with E-state index in [-0.39, 0.29) is 23.6 Å². The lowest BCUT2D eigenvalue weighted by Gasteiger charge is -2.15. The highest BCUT2D eigenvalue weighted by molar-refractivity contribution is 7.99. The van der Waals surface area contributed by atoms with Crippen molar-refractivity contribution in [2.45, 2.75) is 31.6 Å². The average Bonchev–Trinajstić information content (AvgIpc) is 3.21. The van der Waals surface area contributed by atoms with Gasteiger partial charge in [0, 0.05) is 22.2 Å². The molecule has 33 heavy (non-hydrogen) atoms. The van der Waals surface area contributed by atoms with Crippen LogP contribution in [0.25, 0.3) is 0 Å². The molecule has 2 amide bonds. The van der Waals surface area contributed by atoms with Gasteiger partial charge in [0.15, 0.2) is 11.0 Å². The first-order valence-electron chi connectivity index (χ1n) is 10.1. The molecule has 3 aromatic rings. The van der Waals surface area contributed by atoms with E-state index in [4.69, 9.17) is 27.9 Å². The number of anilines is 1. The van der Waals surface area contributed by atoms with Gasteiger partial charge in [-0.3, -0.25) is 9.59 Å². The Labute approximate surface area is 206 Å². The molecule has 3 rings (SSSR count). The third kappa shape index (κ3) is 6.40. The Balaban J connectivity index is 1.64. The molecular formula is C22H23Cl2N5O3S. The van der Waals surface area contributed by atoms with Crippen LogP contribution in [0.4, 0.5) is 5.69 Å². The lowest BCUT2D eigenvalue weighted by molar-refractivity contribution is -0.113. The number of amides is 2. The number of ether oxygens (including phenoxy) is 1. The van der Waals surface area contributed by atoms with E-state index in [9.17, 15) is 9.59 Å². The summed E-state index contributed by atoms with van der Waals surface area (Å²) in [5, 5.41) is 15.8. The Kier molecular flexibility index (Phi) is 8.60. The molecular weight excluding hydrogens is 485 g/mol. The van der Waals surface area contributed by atoms with Crippen molar-refractivity contribution in [2.75, 3.05) is 18.2 Å². The number of halogens is 2. The maximum Gasteiger partial charge on any atom is 0.251 e. The van der Waals surface area contributed by atoms with Crippen LogP contribution in [0.1, 0.15) is 36.1 Å². The molecule has 2 aromatic carbocycles. The van der Waals surface area contributed by atoms with Crippen molar-refractivity contribution in [1.29, 1.82) is 0 Å². The van der Waals surface area contributed by atoms with Crippen molar-refractivity contribution < 1.29 is 14.3 Å². The minimum Gasteiger partial charge on any atom is -0.495 e. The van der Waals surface area contributed by atoms with Crippen LogP contribution < -0.4 is 15.4 Å². The zero-order valence-corrected chi connectivity index (χ0v) is 20.6. The molecule has 1 aromatic heterocycles. The third-order valence-electron chi connectivity index (χ3n) is 4.67. The van der Waals surface area contributed by atoms with Crippen LogP contribution in [0.2, 0.25) is 10.0 Å². The van der Waals surface area contributed by atoms with Crippen molar-refractivity contribution >= 4 is 52.5 Å². The zero-order chi connectivity index (χ0) is 24.0. The number of nitrogens with zero attached hydrogens (tertiary/aromatic N) is 3. The highest BCUT2D eigenvalue weighted by atomic mass is 35.5. The topological polar surface area (TPSA) is 98.1 Å². The van der Waals surface area contributed by atoms with Gasteiger partial charge in [-0.25, -0.2) is 0 Å². The standard InChI is InChI=1S/C22H23Cl2N5O3S/c1-4-29-20(13(2)25-21(31)14-5-7-15(23)8-6-14)27-28-22(29)33-12-19(30)26-17-11-16(24)9-10-18(17)32-3/h5-11,13H,4,12H2,1-3H3,(H,25,31)(H,26,30)/t13-/m0/s1. The number of carbonyl (C=O) groups excluding carboxylic acids is 2. The number of aromatic nitrogens is 3. The van der Waals surface area contributed by atoms with Gasteiger partial charge in [0.2, 0.25) is 5.91 Å². The van der Waals surface area contributed by atoms with Crippen LogP contribution in [-0.4, -0.2) is 39.4 Å². The van der Waals surface area contributed by atoms with Crippen LogP contribution in [-0.2, 0) is 11.3 Å². The largest absolute Gasteiger partial charge is 0.495 e. The van der Waals surface area contributed by atoms with Gasteiger partial charge in [0.25, 0.3) is 5.91 Å². The van der Waals surface area contributed by atoms with E-state index in [1.165, 1.54) is 18.9 Å². The van der Waals surface area contributed by atoms with E-state index in [0.717, 1.165) is 0 Å². The quantitative estimate of drug-likeness (QED) is 0.402. The number of hydrogen-bond acceptors (Lipinski definition) is 6. The minimum absolute atomic E-state index is 0.110. The van der Waals surface area contributed by atoms with E-state index in [1.807, 2.05) is 18.4 Å². The Morgan fingerprint density at radius 3 is 2.48 bits per heavy atom. The number of methoxy groups -OCH3 is 1. The molecule has 11 heteroatoms. The lowest BCUT2D eigenvalue weighted by atomic mass is 10.2. The maximum absolute atomic E-state index is 12.5. The normalized spacial score (nSPS) is 11.7. The number of thioether (sulfide) groups is 1. The monoisotopic (exact) mass is 507 g/mol. The van der Waals surface area contributed by atoms with Gasteiger partial charge in [-0.1, -0.05) is 35.0 Å². The number of nitrogens with one attached hydrogen (secondary N) is 2. The van der Waals surface area contributed by atoms with Gasteiger partial charge < -0.3 is 19.9 Å². The summed E-state index contributed by atoms with van der Waals surface area (Å²) in [6, 6.07) is 11.2. The first kappa shape index (κ1) is 24.9. The van der Waals surface area contributed by atoms with Gasteiger partial charge >= 0.3 is 0 Å². The third-order valence-corrected chi connectivity index (χ3v) is 6.12. The second kappa shape index (κ2) is 11.4. The van der Waals surface area contributed by atoms with E-state index >= 15 is 0 Å². The molecule has 0 aliphatic carbocycles. The molecule has 0 unspecified atom stereocenters. The van der Waals surface area contributed by atoms with Crippen molar-refractivity contribution in [3.8, 4) is 5.75 Å². The molecule has 0 bridgehead atoms. The molecule has 1 atom stereocenters. The summed E-state index contributed by atoms with van der Waals surface area (Å²) in [5.74, 6) is 0.742. The zero-order valence-electron chi connectivity index (χ0n) is 18.3. The predicted octanol–water partition coefficient (Wildman–Crippen LogP) is 4.84. The van der Waals surface area contributed by atoms with Crippen molar-refractivity contribution in [3.05, 3.63) is 63.9 Å². The molecule has 174 valence electrons. The highest BCUT2D eigenvalue weighted by Gasteiger charge is 2.20. The number of hydrogen-bond donors (Lipinski definition) is 2. The van der Waals surface area contributed by atoms with Crippen molar-refractivity contribution in [2.24, 2.45) is 0 Å². The number of rotatable bonds is 9.